The van der Waals surface area contributed by atoms with Gasteiger partial charge in [0.25, 0.3) is 0 Å². The van der Waals surface area contributed by atoms with Crippen molar-refractivity contribution in [2.45, 2.75) is 13.5 Å². The second-order valence-electron chi connectivity index (χ2n) is 4.41. The fourth-order valence-electron chi connectivity index (χ4n) is 1.90. The lowest BCUT2D eigenvalue weighted by atomic mass is 10.2. The zero-order valence-corrected chi connectivity index (χ0v) is 11.9. The predicted octanol–water partition coefficient (Wildman–Crippen LogP) is 2.07. The van der Waals surface area contributed by atoms with Crippen LogP contribution in [0.5, 0.6) is 11.5 Å². The smallest absolute Gasteiger partial charge is 0.173 e. The monoisotopic (exact) mass is 287 g/mol. The number of hydrogen-bond acceptors (Lipinski definition) is 5. The van der Waals surface area contributed by atoms with Crippen molar-refractivity contribution >= 4 is 5.84 Å². The van der Waals surface area contributed by atoms with Crippen molar-refractivity contribution in [2.24, 2.45) is 10.9 Å². The van der Waals surface area contributed by atoms with Gasteiger partial charge < -0.3 is 20.4 Å². The first-order chi connectivity index (χ1) is 10.1. The van der Waals surface area contributed by atoms with Gasteiger partial charge in [-0.25, -0.2) is 0 Å². The molecule has 1 aromatic heterocycles. The molecule has 0 unspecified atom stereocenters. The molecule has 1 aromatic carbocycles. The minimum atomic E-state index is 0.000354. The molecule has 0 amide bonds. The first kappa shape index (κ1) is 14.6. The topological polar surface area (TPSA) is 90.0 Å². The largest absolute Gasteiger partial charge is 0.497 e. The minimum Gasteiger partial charge on any atom is -0.497 e. The summed E-state index contributed by atoms with van der Waals surface area (Å²) in [4.78, 5) is 4.38. The van der Waals surface area contributed by atoms with Gasteiger partial charge in [-0.2, -0.15) is 0 Å². The van der Waals surface area contributed by atoms with E-state index in [1.54, 1.807) is 31.4 Å². The van der Waals surface area contributed by atoms with Gasteiger partial charge in [0, 0.05) is 17.8 Å². The second-order valence-corrected chi connectivity index (χ2v) is 4.41. The third-order valence-corrected chi connectivity index (χ3v) is 2.86. The highest BCUT2D eigenvalue weighted by atomic mass is 16.5. The van der Waals surface area contributed by atoms with E-state index in [2.05, 4.69) is 10.1 Å². The Balaban J connectivity index is 2.19. The molecule has 0 bridgehead atoms. The van der Waals surface area contributed by atoms with Gasteiger partial charge in [0.1, 0.15) is 18.1 Å². The van der Waals surface area contributed by atoms with Gasteiger partial charge in [-0.3, -0.25) is 4.98 Å². The number of pyridine rings is 1. The normalized spacial score (nSPS) is 11.2. The van der Waals surface area contributed by atoms with Crippen molar-refractivity contribution in [1.29, 1.82) is 0 Å². The number of para-hydroxylation sites is 1. The fraction of sp³-hybridized carbons (Fsp3) is 0.200. The molecule has 0 radical (unpaired) electrons. The summed E-state index contributed by atoms with van der Waals surface area (Å²) in [6.07, 6.45) is 0. The molecule has 0 aliphatic heterocycles. The third-order valence-electron chi connectivity index (χ3n) is 2.86. The van der Waals surface area contributed by atoms with Crippen LogP contribution >= 0.6 is 0 Å². The van der Waals surface area contributed by atoms with Gasteiger partial charge in [-0.15, -0.1) is 0 Å². The number of oxime groups is 1. The maximum Gasteiger partial charge on any atom is 0.173 e. The lowest BCUT2D eigenvalue weighted by Crippen LogP contribution is -2.15. The van der Waals surface area contributed by atoms with Crippen molar-refractivity contribution in [2.75, 3.05) is 7.11 Å². The minimum absolute atomic E-state index is 0.000354. The lowest BCUT2D eigenvalue weighted by Gasteiger charge is -2.11. The van der Waals surface area contributed by atoms with Crippen LogP contribution in [0.25, 0.3) is 0 Å². The molecule has 1 heterocycles. The zero-order valence-electron chi connectivity index (χ0n) is 11.9. The maximum atomic E-state index is 8.78. The number of hydrogen-bond donors (Lipinski definition) is 2. The highest BCUT2D eigenvalue weighted by Crippen LogP contribution is 2.20. The van der Waals surface area contributed by atoms with Gasteiger partial charge in [-0.05, 0) is 19.1 Å². The van der Waals surface area contributed by atoms with E-state index >= 15 is 0 Å². The summed E-state index contributed by atoms with van der Waals surface area (Å²) >= 11 is 0. The molecule has 0 fully saturated rings. The van der Waals surface area contributed by atoms with E-state index in [1.165, 1.54) is 0 Å². The van der Waals surface area contributed by atoms with E-state index in [-0.39, 0.29) is 12.4 Å². The summed E-state index contributed by atoms with van der Waals surface area (Å²) in [5.41, 5.74) is 7.73. The van der Waals surface area contributed by atoms with E-state index in [9.17, 15) is 0 Å². The van der Waals surface area contributed by atoms with Gasteiger partial charge in [0.2, 0.25) is 0 Å². The number of nitrogens with two attached hydrogens (primary N) is 1. The number of amidine groups is 1. The summed E-state index contributed by atoms with van der Waals surface area (Å²) in [6, 6.07) is 10.7. The molecule has 21 heavy (non-hydrogen) atoms. The molecule has 2 aromatic rings. The summed E-state index contributed by atoms with van der Waals surface area (Å²) in [5.74, 6) is 1.25. The summed E-state index contributed by atoms with van der Waals surface area (Å²) in [7, 11) is 1.60. The summed E-state index contributed by atoms with van der Waals surface area (Å²) in [6.45, 7) is 2.14. The van der Waals surface area contributed by atoms with Crippen LogP contribution in [0, 0.1) is 6.92 Å². The van der Waals surface area contributed by atoms with Crippen LogP contribution in [-0.2, 0) is 6.61 Å². The van der Waals surface area contributed by atoms with Crippen LogP contribution in [0.2, 0.25) is 0 Å². The molecule has 110 valence electrons. The highest BCUT2D eigenvalue weighted by Gasteiger charge is 2.08. The lowest BCUT2D eigenvalue weighted by molar-refractivity contribution is 0.297. The Morgan fingerprint density at radius 1 is 1.33 bits per heavy atom. The number of aryl methyl sites for hydroxylation is 1. The molecule has 0 spiro atoms. The van der Waals surface area contributed by atoms with E-state index in [1.807, 2.05) is 19.1 Å². The average molecular weight is 287 g/mol. The van der Waals surface area contributed by atoms with Crippen molar-refractivity contribution in [3.05, 3.63) is 53.3 Å². The molecular formula is C15H17N3O3. The number of methoxy groups -OCH3 is 1. The van der Waals surface area contributed by atoms with Crippen LogP contribution in [-0.4, -0.2) is 23.1 Å². The van der Waals surface area contributed by atoms with E-state index < -0.39 is 0 Å². The molecular weight excluding hydrogens is 270 g/mol. The Hall–Kier alpha value is -2.76. The maximum absolute atomic E-state index is 8.78. The Morgan fingerprint density at radius 3 is 2.81 bits per heavy atom. The van der Waals surface area contributed by atoms with E-state index in [0.717, 1.165) is 17.1 Å². The predicted molar refractivity (Wildman–Crippen MR) is 78.8 cm³/mol. The molecule has 3 N–H and O–H groups in total. The van der Waals surface area contributed by atoms with Crippen molar-refractivity contribution in [1.82, 2.24) is 4.98 Å². The fourth-order valence-corrected chi connectivity index (χ4v) is 1.90. The van der Waals surface area contributed by atoms with Crippen LogP contribution < -0.4 is 15.2 Å². The first-order valence-electron chi connectivity index (χ1n) is 6.35. The van der Waals surface area contributed by atoms with Gasteiger partial charge in [-0.1, -0.05) is 17.3 Å². The van der Waals surface area contributed by atoms with E-state index in [0.29, 0.717) is 11.3 Å². The van der Waals surface area contributed by atoms with Gasteiger partial charge >= 0.3 is 0 Å². The zero-order chi connectivity index (χ0) is 15.2. The number of rotatable bonds is 5. The molecule has 0 saturated carbocycles. The van der Waals surface area contributed by atoms with Crippen LogP contribution in [0.1, 0.15) is 17.0 Å². The van der Waals surface area contributed by atoms with Crippen LogP contribution in [0.3, 0.4) is 0 Å². The number of nitrogens with zero attached hydrogens (tertiary/aromatic N) is 2. The average Bonchev–Trinajstić information content (AvgIpc) is 2.51. The van der Waals surface area contributed by atoms with Crippen LogP contribution in [0.15, 0.2) is 41.6 Å². The first-order valence-corrected chi connectivity index (χ1v) is 6.35. The van der Waals surface area contributed by atoms with Crippen molar-refractivity contribution < 1.29 is 14.7 Å². The Kier molecular flexibility index (Phi) is 4.61. The Bertz CT molecular complexity index is 656. The molecule has 0 atom stereocenters. The van der Waals surface area contributed by atoms with Crippen molar-refractivity contribution in [3.63, 3.8) is 0 Å². The summed E-state index contributed by atoms with van der Waals surface area (Å²) in [5, 5.41) is 11.8. The molecule has 6 heteroatoms. The third kappa shape index (κ3) is 3.62. The molecule has 2 rings (SSSR count). The molecule has 0 aliphatic carbocycles. The second kappa shape index (κ2) is 6.60. The number of aromatic nitrogens is 1. The summed E-state index contributed by atoms with van der Waals surface area (Å²) < 4.78 is 10.9. The van der Waals surface area contributed by atoms with Crippen LogP contribution in [0.4, 0.5) is 0 Å². The van der Waals surface area contributed by atoms with Crippen molar-refractivity contribution in [3.8, 4) is 11.5 Å². The Labute approximate surface area is 122 Å². The molecule has 6 nitrogen and oxygen atoms in total. The Morgan fingerprint density at radius 2 is 2.10 bits per heavy atom. The van der Waals surface area contributed by atoms with E-state index in [4.69, 9.17) is 20.4 Å². The standard InChI is InChI=1S/C15H17N3O3/c1-10-7-12(20-2)8-11(17-10)9-21-14-6-4-3-5-13(14)15(16)18-19/h3-8,19H,9H2,1-2H3,(H2,16,18). The van der Waals surface area contributed by atoms with Gasteiger partial charge in [0.15, 0.2) is 5.84 Å². The molecule has 0 saturated heterocycles. The highest BCUT2D eigenvalue weighted by molar-refractivity contribution is 5.99. The quantitative estimate of drug-likeness (QED) is 0.380. The number of ether oxygens (including phenoxy) is 2. The SMILES string of the molecule is COc1cc(C)nc(COc2ccccc2/C(N)=N/O)c1. The number of benzene rings is 1. The molecule has 0 aliphatic rings. The van der Waals surface area contributed by atoms with Gasteiger partial charge in [0.05, 0.1) is 18.4 Å².